The van der Waals surface area contributed by atoms with E-state index in [1.54, 1.807) is 0 Å². The van der Waals surface area contributed by atoms with Crippen molar-refractivity contribution in [1.29, 1.82) is 0 Å². The monoisotopic (exact) mass is 417 g/mol. The Balaban J connectivity index is 0.00000312. The summed E-state index contributed by atoms with van der Waals surface area (Å²) >= 11 is 0. The minimum atomic E-state index is -4.81. The fourth-order valence-electron chi connectivity index (χ4n) is 2.58. The van der Waals surface area contributed by atoms with Gasteiger partial charge in [-0.3, -0.25) is 0 Å². The third kappa shape index (κ3) is 6.21. The first-order valence-corrected chi connectivity index (χ1v) is 7.50. The number of benzene rings is 1. The largest absolute Gasteiger partial charge is 0.419 e. The molecule has 0 amide bonds. The van der Waals surface area contributed by atoms with Crippen LogP contribution in [-0.4, -0.2) is 29.4 Å². The fourth-order valence-corrected chi connectivity index (χ4v) is 2.58. The summed E-state index contributed by atoms with van der Waals surface area (Å²) in [6.07, 6.45) is -1.76. The summed E-state index contributed by atoms with van der Waals surface area (Å²) < 4.78 is 51.3. The molecular weight excluding hydrogens is 397 g/mol. The van der Waals surface area contributed by atoms with E-state index in [1.165, 1.54) is 0 Å². The third-order valence-electron chi connectivity index (χ3n) is 3.83. The van der Waals surface area contributed by atoms with Crippen molar-refractivity contribution in [3.05, 3.63) is 29.6 Å². The zero-order valence-corrected chi connectivity index (χ0v) is 15.6. The average Bonchev–Trinajstić information content (AvgIpc) is 2.48. The maximum atomic E-state index is 13.2. The van der Waals surface area contributed by atoms with Crippen molar-refractivity contribution in [2.75, 3.05) is 6.54 Å². The van der Waals surface area contributed by atoms with Gasteiger partial charge in [-0.1, -0.05) is 0 Å². The second-order valence-corrected chi connectivity index (χ2v) is 5.64. The molecule has 0 saturated carbocycles. The van der Waals surface area contributed by atoms with Crippen LogP contribution in [0.25, 0.3) is 0 Å². The van der Waals surface area contributed by atoms with Gasteiger partial charge in [-0.15, -0.1) is 24.8 Å². The number of hydrogen-bond donors (Lipinski definition) is 2. The number of piperidine rings is 1. The molecule has 1 aliphatic rings. The van der Waals surface area contributed by atoms with E-state index in [0.717, 1.165) is 31.9 Å². The quantitative estimate of drug-likeness (QED) is 0.414. The Morgan fingerprint density at radius 1 is 1.19 bits per heavy atom. The molecule has 1 fully saturated rings. The van der Waals surface area contributed by atoms with Gasteiger partial charge >= 0.3 is 6.18 Å². The number of nitrogens with zero attached hydrogens (tertiary/aromatic N) is 3. The molecule has 4 N–H and O–H groups in total. The van der Waals surface area contributed by atoms with Gasteiger partial charge < -0.3 is 16.4 Å². The Labute approximate surface area is 161 Å². The Morgan fingerprint density at radius 2 is 1.85 bits per heavy atom. The second kappa shape index (κ2) is 9.82. The molecule has 0 aromatic heterocycles. The molecule has 0 spiro atoms. The number of alkyl halides is 3. The summed E-state index contributed by atoms with van der Waals surface area (Å²) in [4.78, 5) is 9.57. The van der Waals surface area contributed by atoms with Gasteiger partial charge in [0.15, 0.2) is 5.96 Å². The van der Waals surface area contributed by atoms with Gasteiger partial charge in [-0.05, 0) is 44.4 Å². The molecule has 1 atom stereocenters. The van der Waals surface area contributed by atoms with Crippen LogP contribution in [0.4, 0.5) is 23.2 Å². The first kappa shape index (κ1) is 24.3. The number of halogens is 6. The van der Waals surface area contributed by atoms with Crippen LogP contribution in [-0.2, 0) is 6.18 Å². The summed E-state index contributed by atoms with van der Waals surface area (Å²) in [5.74, 6) is -1.49. The molecule has 0 bridgehead atoms. The van der Waals surface area contributed by atoms with Gasteiger partial charge in [0.25, 0.3) is 0 Å². The van der Waals surface area contributed by atoms with E-state index in [2.05, 4.69) is 9.98 Å². The molecule has 1 aliphatic heterocycles. The molecule has 26 heavy (non-hydrogen) atoms. The Hall–Kier alpha value is -1.74. The van der Waals surface area contributed by atoms with Crippen molar-refractivity contribution < 1.29 is 17.6 Å². The first-order chi connectivity index (χ1) is 11.2. The highest BCUT2D eigenvalue weighted by Crippen LogP contribution is 2.33. The molecule has 1 heterocycles. The first-order valence-electron chi connectivity index (χ1n) is 7.50. The molecule has 1 aromatic rings. The lowest BCUT2D eigenvalue weighted by molar-refractivity contribution is -0.139. The van der Waals surface area contributed by atoms with Crippen molar-refractivity contribution in [1.82, 2.24) is 4.90 Å². The summed E-state index contributed by atoms with van der Waals surface area (Å²) in [5, 5.41) is 0. The molecule has 5 nitrogen and oxygen atoms in total. The highest BCUT2D eigenvalue weighted by molar-refractivity contribution is 5.94. The van der Waals surface area contributed by atoms with Crippen molar-refractivity contribution >= 4 is 42.4 Å². The van der Waals surface area contributed by atoms with E-state index in [0.29, 0.717) is 12.1 Å². The lowest BCUT2D eigenvalue weighted by atomic mass is 10.0. The van der Waals surface area contributed by atoms with Crippen LogP contribution in [0.1, 0.15) is 31.7 Å². The smallest absolute Gasteiger partial charge is 0.369 e. The van der Waals surface area contributed by atoms with Crippen molar-refractivity contribution in [3.8, 4) is 0 Å². The zero-order chi connectivity index (χ0) is 17.9. The van der Waals surface area contributed by atoms with Crippen LogP contribution < -0.4 is 11.5 Å². The van der Waals surface area contributed by atoms with Gasteiger partial charge in [0.2, 0.25) is 5.96 Å². The molecule has 0 radical (unpaired) electrons. The Kier molecular flexibility index (Phi) is 9.16. The number of guanidine groups is 2. The van der Waals surface area contributed by atoms with E-state index in [-0.39, 0.29) is 48.5 Å². The molecule has 1 saturated heterocycles. The van der Waals surface area contributed by atoms with Crippen LogP contribution in [0.15, 0.2) is 28.2 Å². The molecule has 148 valence electrons. The summed E-state index contributed by atoms with van der Waals surface area (Å²) in [5.41, 5.74) is 9.98. The average molecular weight is 418 g/mol. The van der Waals surface area contributed by atoms with Gasteiger partial charge in [0.05, 0.1) is 11.3 Å². The van der Waals surface area contributed by atoms with Gasteiger partial charge in [-0.25, -0.2) is 9.38 Å². The number of likely N-dealkylation sites (tertiary alicyclic amines) is 1. The van der Waals surface area contributed by atoms with Gasteiger partial charge in [-0.2, -0.15) is 18.2 Å². The van der Waals surface area contributed by atoms with Gasteiger partial charge in [0, 0.05) is 12.6 Å². The van der Waals surface area contributed by atoms with E-state index >= 15 is 0 Å². The molecular formula is C15H21Cl2F4N5. The van der Waals surface area contributed by atoms with Crippen LogP contribution >= 0.6 is 24.8 Å². The molecule has 11 heteroatoms. The predicted octanol–water partition coefficient (Wildman–Crippen LogP) is 3.82. The summed E-state index contributed by atoms with van der Waals surface area (Å²) in [7, 11) is 0. The van der Waals surface area contributed by atoms with Crippen molar-refractivity contribution in [2.24, 2.45) is 21.5 Å². The highest BCUT2D eigenvalue weighted by atomic mass is 35.5. The number of rotatable bonds is 1. The minimum Gasteiger partial charge on any atom is -0.369 e. The number of hydrogen-bond acceptors (Lipinski definition) is 1. The molecule has 2 rings (SSSR count). The third-order valence-corrected chi connectivity index (χ3v) is 3.83. The second-order valence-electron chi connectivity index (χ2n) is 5.64. The molecule has 1 unspecified atom stereocenters. The van der Waals surface area contributed by atoms with E-state index < -0.39 is 17.6 Å². The van der Waals surface area contributed by atoms with Crippen LogP contribution in [0, 0.1) is 5.82 Å². The maximum Gasteiger partial charge on any atom is 0.419 e. The number of nitrogens with two attached hydrogens (primary N) is 2. The number of aliphatic imine (C=N–C) groups is 2. The standard InChI is InChI=1S/C15H19F4N5.2ClH/c1-9-4-2-3-7-24(9)14(21)23-13(20)22-10-5-6-12(16)11(8-10)15(17,18)19;;/h5-6,8-9H,2-4,7H2,1H3,(H4,20,21,22,23);2*1H. The summed E-state index contributed by atoms with van der Waals surface area (Å²) in [6.45, 7) is 2.74. The normalized spacial score (nSPS) is 18.8. The van der Waals surface area contributed by atoms with E-state index in [4.69, 9.17) is 11.5 Å². The highest BCUT2D eigenvalue weighted by Gasteiger charge is 2.34. The zero-order valence-electron chi connectivity index (χ0n) is 14.0. The molecule has 1 aromatic carbocycles. The topological polar surface area (TPSA) is 80.0 Å². The van der Waals surface area contributed by atoms with Crippen LogP contribution in [0.2, 0.25) is 0 Å². The summed E-state index contributed by atoms with van der Waals surface area (Å²) in [6, 6.07) is 2.57. The van der Waals surface area contributed by atoms with Crippen molar-refractivity contribution in [2.45, 2.75) is 38.4 Å². The fraction of sp³-hybridized carbons (Fsp3) is 0.467. The molecule has 0 aliphatic carbocycles. The Bertz CT molecular complexity index is 664. The van der Waals surface area contributed by atoms with Gasteiger partial charge in [0.1, 0.15) is 5.82 Å². The minimum absolute atomic E-state index is 0. The maximum absolute atomic E-state index is 13.2. The Morgan fingerprint density at radius 3 is 2.42 bits per heavy atom. The lowest BCUT2D eigenvalue weighted by Crippen LogP contribution is -2.46. The van der Waals surface area contributed by atoms with Crippen LogP contribution in [0.5, 0.6) is 0 Å². The predicted molar refractivity (Wildman–Crippen MR) is 98.8 cm³/mol. The van der Waals surface area contributed by atoms with Crippen LogP contribution in [0.3, 0.4) is 0 Å². The lowest BCUT2D eigenvalue weighted by Gasteiger charge is -2.34. The van der Waals surface area contributed by atoms with Crippen molar-refractivity contribution in [3.63, 3.8) is 0 Å². The van der Waals surface area contributed by atoms with E-state index in [1.807, 2.05) is 11.8 Å². The SMILES string of the molecule is CC1CCCCN1/C(N)=N\C(N)=Nc1ccc(F)c(C(F)(F)F)c1.Cl.Cl. The van der Waals surface area contributed by atoms with E-state index in [9.17, 15) is 17.6 Å².